The van der Waals surface area contributed by atoms with Crippen LogP contribution in [0.5, 0.6) is 0 Å². The molecule has 24 heavy (non-hydrogen) atoms. The quantitative estimate of drug-likeness (QED) is 0.685. The number of aromatic nitrogens is 1. The van der Waals surface area contributed by atoms with Crippen molar-refractivity contribution in [3.05, 3.63) is 24.5 Å². The van der Waals surface area contributed by atoms with E-state index in [1.165, 1.54) is 22.8 Å². The molecule has 1 saturated heterocycles. The van der Waals surface area contributed by atoms with E-state index in [2.05, 4.69) is 11.9 Å². The summed E-state index contributed by atoms with van der Waals surface area (Å²) in [4.78, 5) is 18.1. The fourth-order valence-electron chi connectivity index (χ4n) is 2.53. The second-order valence-corrected chi connectivity index (χ2v) is 7.72. The van der Waals surface area contributed by atoms with E-state index in [0.717, 1.165) is 12.8 Å². The number of piperazine rings is 1. The third-order valence-corrected chi connectivity index (χ3v) is 5.92. The van der Waals surface area contributed by atoms with Gasteiger partial charge in [-0.1, -0.05) is 13.3 Å². The fraction of sp³-hybridized carbons (Fsp3) is 0.625. The molecule has 1 atom stereocenters. The van der Waals surface area contributed by atoms with Gasteiger partial charge in [-0.15, -0.1) is 0 Å². The lowest BCUT2D eigenvalue weighted by molar-refractivity contribution is -0.143. The minimum atomic E-state index is -3.55. The van der Waals surface area contributed by atoms with Crippen LogP contribution in [0, 0.1) is 0 Å². The number of pyridine rings is 1. The third-order valence-electron chi connectivity index (χ3n) is 4.04. The van der Waals surface area contributed by atoms with Crippen LogP contribution in [0.25, 0.3) is 0 Å². The van der Waals surface area contributed by atoms with E-state index in [1.807, 2.05) is 0 Å². The first kappa shape index (κ1) is 18.8. The molecule has 0 bridgehead atoms. The van der Waals surface area contributed by atoms with Gasteiger partial charge in [-0.3, -0.25) is 9.78 Å². The molecule has 0 spiro atoms. The van der Waals surface area contributed by atoms with Crippen molar-refractivity contribution in [2.45, 2.75) is 37.7 Å². The maximum absolute atomic E-state index is 12.5. The number of rotatable bonds is 7. The van der Waals surface area contributed by atoms with Crippen molar-refractivity contribution < 1.29 is 17.9 Å². The zero-order valence-corrected chi connectivity index (χ0v) is 15.0. The van der Waals surface area contributed by atoms with E-state index < -0.39 is 16.1 Å². The molecular formula is C16H25N3O4S. The van der Waals surface area contributed by atoms with Crippen LogP contribution in [0.2, 0.25) is 0 Å². The summed E-state index contributed by atoms with van der Waals surface area (Å²) < 4.78 is 32.0. The van der Waals surface area contributed by atoms with Crippen LogP contribution in [-0.4, -0.2) is 67.4 Å². The molecule has 1 aromatic rings. The molecule has 1 aliphatic rings. The van der Waals surface area contributed by atoms with Crippen molar-refractivity contribution in [3.63, 3.8) is 0 Å². The molecule has 1 fully saturated rings. The maximum atomic E-state index is 12.5. The molecule has 8 heteroatoms. The summed E-state index contributed by atoms with van der Waals surface area (Å²) >= 11 is 0. The number of sulfonamides is 1. The van der Waals surface area contributed by atoms with E-state index in [9.17, 15) is 13.2 Å². The molecule has 0 radical (unpaired) electrons. The Morgan fingerprint density at radius 1 is 1.33 bits per heavy atom. The topological polar surface area (TPSA) is 79.8 Å². The van der Waals surface area contributed by atoms with Gasteiger partial charge in [-0.2, -0.15) is 4.31 Å². The van der Waals surface area contributed by atoms with E-state index in [0.29, 0.717) is 19.7 Å². The van der Waals surface area contributed by atoms with Crippen molar-refractivity contribution in [2.75, 3.05) is 32.8 Å². The standard InChI is InChI=1S/C16H25N3O4S/c1-3-4-12-23-14(2)16(20)18-8-10-19(11-9-18)24(21,22)15-6-5-7-17-13-15/h5-7,13-14H,3-4,8-12H2,1-2H3. The Morgan fingerprint density at radius 3 is 2.62 bits per heavy atom. The minimum Gasteiger partial charge on any atom is -0.369 e. The lowest BCUT2D eigenvalue weighted by atomic mass is 10.3. The Balaban J connectivity index is 1.90. The van der Waals surface area contributed by atoms with E-state index in [4.69, 9.17) is 4.74 Å². The van der Waals surface area contributed by atoms with Crippen molar-refractivity contribution >= 4 is 15.9 Å². The number of nitrogens with zero attached hydrogens (tertiary/aromatic N) is 3. The predicted octanol–water partition coefficient (Wildman–Crippen LogP) is 1.12. The SMILES string of the molecule is CCCCOC(C)C(=O)N1CCN(S(=O)(=O)c2cccnc2)CC1. The molecule has 1 unspecified atom stereocenters. The summed E-state index contributed by atoms with van der Waals surface area (Å²) in [7, 11) is -3.55. The first-order chi connectivity index (χ1) is 11.5. The highest BCUT2D eigenvalue weighted by atomic mass is 32.2. The van der Waals surface area contributed by atoms with Gasteiger partial charge in [0.15, 0.2) is 0 Å². The summed E-state index contributed by atoms with van der Waals surface area (Å²) in [5.41, 5.74) is 0. The normalized spacial score (nSPS) is 17.7. The molecule has 0 N–H and O–H groups in total. The maximum Gasteiger partial charge on any atom is 0.251 e. The third kappa shape index (κ3) is 4.52. The van der Waals surface area contributed by atoms with Gasteiger partial charge >= 0.3 is 0 Å². The lowest BCUT2D eigenvalue weighted by Crippen LogP contribution is -2.52. The Kier molecular flexibility index (Phi) is 6.70. The van der Waals surface area contributed by atoms with Crippen LogP contribution in [0.3, 0.4) is 0 Å². The van der Waals surface area contributed by atoms with Crippen molar-refractivity contribution in [3.8, 4) is 0 Å². The van der Waals surface area contributed by atoms with Crippen molar-refractivity contribution in [2.24, 2.45) is 0 Å². The van der Waals surface area contributed by atoms with Gasteiger partial charge in [0, 0.05) is 45.2 Å². The second kappa shape index (κ2) is 8.55. The minimum absolute atomic E-state index is 0.0791. The van der Waals surface area contributed by atoms with Crippen molar-refractivity contribution in [1.29, 1.82) is 0 Å². The molecule has 7 nitrogen and oxygen atoms in total. The lowest BCUT2D eigenvalue weighted by Gasteiger charge is -2.35. The highest BCUT2D eigenvalue weighted by Gasteiger charge is 2.31. The molecule has 0 saturated carbocycles. The van der Waals surface area contributed by atoms with E-state index in [-0.39, 0.29) is 23.9 Å². The van der Waals surface area contributed by atoms with Gasteiger partial charge in [0.25, 0.3) is 5.91 Å². The largest absolute Gasteiger partial charge is 0.369 e. The molecule has 0 aliphatic carbocycles. The van der Waals surface area contributed by atoms with Gasteiger partial charge < -0.3 is 9.64 Å². The van der Waals surface area contributed by atoms with Gasteiger partial charge in [0.2, 0.25) is 10.0 Å². The fourth-order valence-corrected chi connectivity index (χ4v) is 3.92. The number of carbonyl (C=O) groups excluding carboxylic acids is 1. The number of hydrogen-bond donors (Lipinski definition) is 0. The Morgan fingerprint density at radius 2 is 2.04 bits per heavy atom. The Hall–Kier alpha value is -1.51. The molecule has 0 aromatic carbocycles. The number of carbonyl (C=O) groups is 1. The summed E-state index contributed by atoms with van der Waals surface area (Å²) in [5, 5.41) is 0. The molecule has 1 aliphatic heterocycles. The van der Waals surface area contributed by atoms with Crippen LogP contribution in [0.1, 0.15) is 26.7 Å². The summed E-state index contributed by atoms with van der Waals surface area (Å²) in [6.45, 7) is 5.70. The molecule has 2 rings (SSSR count). The van der Waals surface area contributed by atoms with Crippen LogP contribution in [0.4, 0.5) is 0 Å². The summed E-state index contributed by atoms with van der Waals surface area (Å²) in [6, 6.07) is 3.13. The molecule has 1 amide bonds. The number of amides is 1. The monoisotopic (exact) mass is 355 g/mol. The van der Waals surface area contributed by atoms with Gasteiger partial charge in [0.05, 0.1) is 0 Å². The average Bonchev–Trinajstić information content (AvgIpc) is 2.62. The van der Waals surface area contributed by atoms with Crippen LogP contribution < -0.4 is 0 Å². The molecular weight excluding hydrogens is 330 g/mol. The Labute approximate surface area is 143 Å². The van der Waals surface area contributed by atoms with E-state index in [1.54, 1.807) is 17.9 Å². The molecule has 134 valence electrons. The van der Waals surface area contributed by atoms with Gasteiger partial charge in [-0.05, 0) is 25.5 Å². The van der Waals surface area contributed by atoms with Crippen LogP contribution >= 0.6 is 0 Å². The average molecular weight is 355 g/mol. The predicted molar refractivity (Wildman–Crippen MR) is 89.9 cm³/mol. The van der Waals surface area contributed by atoms with Gasteiger partial charge in [0.1, 0.15) is 11.0 Å². The van der Waals surface area contributed by atoms with Crippen LogP contribution in [0.15, 0.2) is 29.4 Å². The van der Waals surface area contributed by atoms with Gasteiger partial charge in [-0.25, -0.2) is 8.42 Å². The zero-order valence-electron chi connectivity index (χ0n) is 14.2. The highest BCUT2D eigenvalue weighted by Crippen LogP contribution is 2.17. The number of unbranched alkanes of at least 4 members (excludes halogenated alkanes) is 1. The number of hydrogen-bond acceptors (Lipinski definition) is 5. The number of ether oxygens (including phenoxy) is 1. The summed E-state index contributed by atoms with van der Waals surface area (Å²) in [6.07, 6.45) is 4.34. The summed E-state index contributed by atoms with van der Waals surface area (Å²) in [5.74, 6) is -0.0791. The Bertz CT molecular complexity index is 628. The second-order valence-electron chi connectivity index (χ2n) is 5.78. The van der Waals surface area contributed by atoms with Crippen molar-refractivity contribution in [1.82, 2.24) is 14.2 Å². The van der Waals surface area contributed by atoms with Crippen LogP contribution in [-0.2, 0) is 19.6 Å². The first-order valence-corrected chi connectivity index (χ1v) is 9.71. The zero-order chi connectivity index (χ0) is 17.6. The highest BCUT2D eigenvalue weighted by molar-refractivity contribution is 7.89. The smallest absolute Gasteiger partial charge is 0.251 e. The first-order valence-electron chi connectivity index (χ1n) is 8.27. The molecule has 2 heterocycles. The molecule has 1 aromatic heterocycles. The van der Waals surface area contributed by atoms with E-state index >= 15 is 0 Å².